The summed E-state index contributed by atoms with van der Waals surface area (Å²) in [5.74, 6) is -2.83. The van der Waals surface area contributed by atoms with Gasteiger partial charge in [-0.15, -0.1) is 0 Å². The fourth-order valence-corrected chi connectivity index (χ4v) is 5.97. The van der Waals surface area contributed by atoms with E-state index in [4.69, 9.17) is 5.73 Å². The normalized spacial score (nSPS) is 10.4. The largest absolute Gasteiger partial charge is 0.478 e. The number of aromatic carboxylic acids is 2. The van der Waals surface area contributed by atoms with Crippen LogP contribution in [0.25, 0.3) is 0 Å². The van der Waals surface area contributed by atoms with Crippen molar-refractivity contribution < 1.29 is 24.6 Å². The zero-order chi connectivity index (χ0) is 17.0. The lowest BCUT2D eigenvalue weighted by atomic mass is 10.1. The fraction of sp³-hybridized carbons (Fsp3) is 0.250. The first-order valence-corrected chi connectivity index (χ1v) is 9.12. The number of nitrogens with two attached hydrogens (primary N) is 1. The zero-order valence-corrected chi connectivity index (χ0v) is 17.4. The van der Waals surface area contributed by atoms with Crippen LogP contribution in [0.3, 0.4) is 0 Å². The topological polar surface area (TPSA) is 130 Å². The summed E-state index contributed by atoms with van der Waals surface area (Å²) in [7, 11) is 0. The molecule has 0 aliphatic carbocycles. The molecule has 0 bridgehead atoms. The summed E-state index contributed by atoms with van der Waals surface area (Å²) < 4.78 is 0.723. The molecule has 1 aromatic rings. The summed E-state index contributed by atoms with van der Waals surface area (Å²) in [6.45, 7) is 0.356. The van der Waals surface area contributed by atoms with Gasteiger partial charge >= 0.3 is 11.9 Å². The number of carboxylic acid groups (broad SMARTS) is 2. The van der Waals surface area contributed by atoms with E-state index in [1.165, 1.54) is 0 Å². The maximum Gasteiger partial charge on any atom is 0.337 e. The number of carbonyl (C=O) groups is 3. The van der Waals surface area contributed by atoms with Crippen molar-refractivity contribution in [3.05, 3.63) is 21.8 Å². The van der Waals surface area contributed by atoms with Crippen molar-refractivity contribution in [3.8, 4) is 0 Å². The summed E-state index contributed by atoms with van der Waals surface area (Å²) in [6.07, 6.45) is 0.667. The van der Waals surface area contributed by atoms with E-state index in [0.29, 0.717) is 20.1 Å². The first kappa shape index (κ1) is 19.8. The molecule has 0 fully saturated rings. The summed E-state index contributed by atoms with van der Waals surface area (Å²) in [5.41, 5.74) is 5.28. The molecule has 0 saturated carbocycles. The lowest BCUT2D eigenvalue weighted by Crippen LogP contribution is -2.20. The van der Waals surface area contributed by atoms with Gasteiger partial charge in [0.2, 0.25) is 5.91 Å². The zero-order valence-electron chi connectivity index (χ0n) is 11.0. The van der Waals surface area contributed by atoms with Crippen molar-refractivity contribution in [2.75, 3.05) is 11.9 Å². The van der Waals surface area contributed by atoms with E-state index < -0.39 is 11.9 Å². The van der Waals surface area contributed by atoms with Gasteiger partial charge in [-0.2, -0.15) is 0 Å². The highest BCUT2D eigenvalue weighted by molar-refractivity contribution is 14.1. The second-order valence-corrected chi connectivity index (χ2v) is 7.35. The Kier molecular flexibility index (Phi) is 7.73. The number of amides is 1. The average Bonchev–Trinajstić information content (AvgIpc) is 2.40. The number of carbonyl (C=O) groups excluding carboxylic acids is 1. The molecule has 0 heterocycles. The lowest BCUT2D eigenvalue weighted by Gasteiger charge is -2.16. The van der Waals surface area contributed by atoms with E-state index in [2.05, 4.69) is 5.32 Å². The smallest absolute Gasteiger partial charge is 0.337 e. The van der Waals surface area contributed by atoms with Crippen LogP contribution in [0.1, 0.15) is 33.6 Å². The standard InChI is InChI=1S/C12H11I3N2O5/c13-7-5(11(19)20)8(14)10(9(15)6(7)12(21)22)17-4(18)2-1-3-16/h1-3,16H2,(H,17,18)(H,19,20)(H,21,22). The minimum atomic E-state index is -1.25. The van der Waals surface area contributed by atoms with Crippen LogP contribution >= 0.6 is 67.8 Å². The maximum absolute atomic E-state index is 11.9. The molecule has 0 aromatic heterocycles. The summed E-state index contributed by atoms with van der Waals surface area (Å²) in [4.78, 5) is 34.7. The molecule has 120 valence electrons. The third kappa shape index (κ3) is 4.41. The number of benzene rings is 1. The Balaban J connectivity index is 3.47. The quantitative estimate of drug-likeness (QED) is 0.353. The van der Waals surface area contributed by atoms with Gasteiger partial charge in [0, 0.05) is 9.99 Å². The Morgan fingerprint density at radius 3 is 1.77 bits per heavy atom. The van der Waals surface area contributed by atoms with Gasteiger partial charge in [0.1, 0.15) is 0 Å². The summed E-state index contributed by atoms with van der Waals surface area (Å²) in [5, 5.41) is 21.2. The Labute approximate surface area is 166 Å². The molecule has 1 amide bonds. The Morgan fingerprint density at radius 2 is 1.41 bits per heavy atom. The number of carboxylic acids is 2. The van der Waals surface area contributed by atoms with Crippen molar-refractivity contribution in [2.24, 2.45) is 5.73 Å². The second kappa shape index (κ2) is 8.58. The van der Waals surface area contributed by atoms with E-state index in [-0.39, 0.29) is 32.7 Å². The third-order valence-electron chi connectivity index (χ3n) is 2.62. The van der Waals surface area contributed by atoms with Gasteiger partial charge in [-0.25, -0.2) is 9.59 Å². The summed E-state index contributed by atoms with van der Waals surface area (Å²) >= 11 is 5.29. The molecule has 22 heavy (non-hydrogen) atoms. The Bertz CT molecular complexity index is 607. The predicted octanol–water partition coefficient (Wildman–Crippen LogP) is 2.57. The molecule has 1 aromatic carbocycles. The number of rotatable bonds is 6. The van der Waals surface area contributed by atoms with Gasteiger partial charge in [0.05, 0.1) is 24.0 Å². The fourth-order valence-electron chi connectivity index (χ4n) is 1.61. The van der Waals surface area contributed by atoms with Crippen LogP contribution in [0.4, 0.5) is 5.69 Å². The van der Waals surface area contributed by atoms with E-state index in [9.17, 15) is 24.6 Å². The van der Waals surface area contributed by atoms with E-state index in [1.807, 2.05) is 0 Å². The molecule has 0 saturated heterocycles. The van der Waals surface area contributed by atoms with Gasteiger partial charge in [0.15, 0.2) is 0 Å². The highest BCUT2D eigenvalue weighted by Crippen LogP contribution is 2.35. The summed E-state index contributed by atoms with van der Waals surface area (Å²) in [6, 6.07) is 0. The minimum Gasteiger partial charge on any atom is -0.478 e. The van der Waals surface area contributed by atoms with Gasteiger partial charge in [-0.05, 0) is 80.7 Å². The van der Waals surface area contributed by atoms with Crippen LogP contribution < -0.4 is 11.1 Å². The highest BCUT2D eigenvalue weighted by Gasteiger charge is 2.28. The number of nitrogens with one attached hydrogen (secondary N) is 1. The van der Waals surface area contributed by atoms with E-state index in [1.54, 1.807) is 67.8 Å². The molecular formula is C12H11I3N2O5. The molecule has 0 unspecified atom stereocenters. The molecule has 0 aliphatic heterocycles. The van der Waals surface area contributed by atoms with Gasteiger partial charge < -0.3 is 21.3 Å². The molecule has 5 N–H and O–H groups in total. The van der Waals surface area contributed by atoms with Crippen molar-refractivity contribution in [3.63, 3.8) is 0 Å². The SMILES string of the molecule is NCCCC(=O)Nc1c(I)c(C(=O)O)c(I)c(C(=O)O)c1I. The average molecular weight is 644 g/mol. The lowest BCUT2D eigenvalue weighted by molar-refractivity contribution is -0.116. The van der Waals surface area contributed by atoms with Crippen molar-refractivity contribution in [1.82, 2.24) is 0 Å². The van der Waals surface area contributed by atoms with E-state index in [0.717, 1.165) is 0 Å². The third-order valence-corrected chi connectivity index (χ3v) is 5.85. The molecule has 1 rings (SSSR count). The molecular weight excluding hydrogens is 633 g/mol. The highest BCUT2D eigenvalue weighted by atomic mass is 127. The van der Waals surface area contributed by atoms with Crippen LogP contribution in [0.5, 0.6) is 0 Å². The van der Waals surface area contributed by atoms with Crippen molar-refractivity contribution in [2.45, 2.75) is 12.8 Å². The maximum atomic E-state index is 11.9. The predicted molar refractivity (Wildman–Crippen MR) is 105 cm³/mol. The number of hydrogen-bond donors (Lipinski definition) is 4. The van der Waals surface area contributed by atoms with Crippen LogP contribution in [0.15, 0.2) is 0 Å². The van der Waals surface area contributed by atoms with Crippen LogP contribution in [0, 0.1) is 10.7 Å². The minimum absolute atomic E-state index is 0.131. The number of halogens is 3. The molecule has 0 radical (unpaired) electrons. The Morgan fingerprint density at radius 1 is 0.955 bits per heavy atom. The number of anilines is 1. The van der Waals surface area contributed by atoms with E-state index >= 15 is 0 Å². The van der Waals surface area contributed by atoms with Crippen molar-refractivity contribution in [1.29, 1.82) is 0 Å². The molecule has 10 heteroatoms. The molecule has 0 aliphatic rings. The molecule has 0 atom stereocenters. The first-order valence-electron chi connectivity index (χ1n) is 5.89. The van der Waals surface area contributed by atoms with Crippen molar-refractivity contribution >= 4 is 91.3 Å². The van der Waals surface area contributed by atoms with Gasteiger partial charge in [0.25, 0.3) is 0 Å². The van der Waals surface area contributed by atoms with Crippen LogP contribution in [-0.2, 0) is 4.79 Å². The van der Waals surface area contributed by atoms with Crippen LogP contribution in [0.2, 0.25) is 0 Å². The van der Waals surface area contributed by atoms with Crippen LogP contribution in [-0.4, -0.2) is 34.6 Å². The Hall–Kier alpha value is -0.220. The van der Waals surface area contributed by atoms with Gasteiger partial charge in [-0.1, -0.05) is 0 Å². The second-order valence-electron chi connectivity index (χ2n) is 4.12. The number of hydrogen-bond acceptors (Lipinski definition) is 4. The first-order chi connectivity index (χ1) is 10.2. The molecule has 7 nitrogen and oxygen atoms in total. The molecule has 0 spiro atoms. The monoisotopic (exact) mass is 644 g/mol. The van der Waals surface area contributed by atoms with Gasteiger partial charge in [-0.3, -0.25) is 4.79 Å².